The fourth-order valence-electron chi connectivity index (χ4n) is 2.77. The van der Waals surface area contributed by atoms with E-state index in [1.165, 1.54) is 0 Å². The zero-order chi connectivity index (χ0) is 16.7. The summed E-state index contributed by atoms with van der Waals surface area (Å²) in [5.41, 5.74) is 6.14. The van der Waals surface area contributed by atoms with E-state index in [0.717, 1.165) is 33.5 Å². The molecule has 0 atom stereocenters. The first-order chi connectivity index (χ1) is 10.9. The first-order valence-corrected chi connectivity index (χ1v) is 7.63. The average molecular weight is 305 g/mol. The first-order valence-electron chi connectivity index (χ1n) is 7.63. The number of anilines is 2. The minimum absolute atomic E-state index is 0.394. The molecule has 0 saturated heterocycles. The molecule has 3 rings (SSSR count). The van der Waals surface area contributed by atoms with Crippen molar-refractivity contribution in [2.45, 2.75) is 27.7 Å². The first kappa shape index (κ1) is 15.2. The van der Waals surface area contributed by atoms with Gasteiger partial charge < -0.3 is 5.32 Å². The van der Waals surface area contributed by atoms with E-state index in [-0.39, 0.29) is 0 Å². The molecule has 23 heavy (non-hydrogen) atoms. The molecule has 0 aliphatic carbocycles. The molecular weight excluding hydrogens is 286 g/mol. The molecule has 0 aromatic heterocycles. The third-order valence-corrected chi connectivity index (χ3v) is 4.35. The Morgan fingerprint density at radius 2 is 1.48 bits per heavy atom. The van der Waals surface area contributed by atoms with Crippen LogP contribution in [-0.2, 0) is 0 Å². The standard InChI is InChI=1S/C20H19NO2/c1-11-5-8-16(14(4)9-11)21-18-17(19(22)20(18)23)15-7-6-12(2)13(3)10-15/h5-10,21H,1-4H3. The van der Waals surface area contributed by atoms with Crippen LogP contribution in [0.15, 0.2) is 46.0 Å². The Labute approximate surface area is 135 Å². The molecule has 0 aliphatic rings. The Bertz CT molecular complexity index is 976. The maximum atomic E-state index is 12.1. The summed E-state index contributed by atoms with van der Waals surface area (Å²) in [4.78, 5) is 24.1. The maximum absolute atomic E-state index is 12.1. The summed E-state index contributed by atoms with van der Waals surface area (Å²) in [6.45, 7) is 8.03. The van der Waals surface area contributed by atoms with Crippen molar-refractivity contribution in [1.29, 1.82) is 0 Å². The van der Waals surface area contributed by atoms with Crippen molar-refractivity contribution in [3.05, 3.63) is 79.1 Å². The van der Waals surface area contributed by atoms with E-state index in [1.807, 2.05) is 64.1 Å². The number of rotatable bonds is 3. The van der Waals surface area contributed by atoms with E-state index in [1.54, 1.807) is 0 Å². The molecule has 3 nitrogen and oxygen atoms in total. The van der Waals surface area contributed by atoms with Gasteiger partial charge in [0.25, 0.3) is 5.43 Å². The van der Waals surface area contributed by atoms with Gasteiger partial charge in [0.2, 0.25) is 5.43 Å². The molecule has 0 unspecified atom stereocenters. The van der Waals surface area contributed by atoms with Crippen molar-refractivity contribution in [1.82, 2.24) is 0 Å². The lowest BCUT2D eigenvalue weighted by Crippen LogP contribution is -2.35. The van der Waals surface area contributed by atoms with E-state index >= 15 is 0 Å². The molecule has 3 aromatic carbocycles. The summed E-state index contributed by atoms with van der Waals surface area (Å²) in [5.74, 6) is 0. The molecule has 0 spiro atoms. The Morgan fingerprint density at radius 3 is 2.13 bits per heavy atom. The Kier molecular flexibility index (Phi) is 3.64. The Balaban J connectivity index is 2.05. The van der Waals surface area contributed by atoms with Gasteiger partial charge in [-0.05, 0) is 56.0 Å². The number of nitrogens with one attached hydrogen (secondary N) is 1. The lowest BCUT2D eigenvalue weighted by Gasteiger charge is -2.16. The average Bonchev–Trinajstić information content (AvgIpc) is 2.51. The predicted octanol–water partition coefficient (Wildman–Crippen LogP) is 3.93. The second-order valence-electron chi connectivity index (χ2n) is 6.15. The van der Waals surface area contributed by atoms with E-state index in [2.05, 4.69) is 5.32 Å². The smallest absolute Gasteiger partial charge is 0.250 e. The van der Waals surface area contributed by atoms with Crippen LogP contribution in [0.2, 0.25) is 0 Å². The second kappa shape index (κ2) is 5.51. The lowest BCUT2D eigenvalue weighted by atomic mass is 9.95. The van der Waals surface area contributed by atoms with Crippen LogP contribution in [0.1, 0.15) is 22.3 Å². The normalized spacial score (nSPS) is 11.0. The number of hydrogen-bond donors (Lipinski definition) is 1. The summed E-state index contributed by atoms with van der Waals surface area (Å²) in [5, 5.41) is 3.15. The van der Waals surface area contributed by atoms with Crippen molar-refractivity contribution >= 4 is 11.4 Å². The largest absolute Gasteiger partial charge is 0.351 e. The third kappa shape index (κ3) is 2.59. The highest BCUT2D eigenvalue weighted by Gasteiger charge is 2.23. The van der Waals surface area contributed by atoms with Gasteiger partial charge in [0.15, 0.2) is 0 Å². The van der Waals surface area contributed by atoms with E-state index in [4.69, 9.17) is 0 Å². The van der Waals surface area contributed by atoms with Crippen LogP contribution in [0.4, 0.5) is 11.4 Å². The summed E-state index contributed by atoms with van der Waals surface area (Å²) in [6, 6.07) is 11.8. The monoisotopic (exact) mass is 305 g/mol. The Morgan fingerprint density at radius 1 is 0.739 bits per heavy atom. The quantitative estimate of drug-likeness (QED) is 0.746. The van der Waals surface area contributed by atoms with Gasteiger partial charge in [-0.3, -0.25) is 9.59 Å². The van der Waals surface area contributed by atoms with Crippen molar-refractivity contribution in [2.24, 2.45) is 0 Å². The number of hydrogen-bond acceptors (Lipinski definition) is 3. The summed E-state index contributed by atoms with van der Waals surface area (Å²) < 4.78 is 0. The van der Waals surface area contributed by atoms with Crippen LogP contribution in [0, 0.1) is 27.7 Å². The van der Waals surface area contributed by atoms with Crippen LogP contribution >= 0.6 is 0 Å². The zero-order valence-corrected chi connectivity index (χ0v) is 13.8. The molecule has 1 N–H and O–H groups in total. The van der Waals surface area contributed by atoms with Crippen LogP contribution in [0.25, 0.3) is 11.1 Å². The van der Waals surface area contributed by atoms with Crippen molar-refractivity contribution in [2.75, 3.05) is 5.32 Å². The van der Waals surface area contributed by atoms with E-state index < -0.39 is 10.9 Å². The minimum Gasteiger partial charge on any atom is -0.351 e. The summed E-state index contributed by atoms with van der Waals surface area (Å²) in [7, 11) is 0. The van der Waals surface area contributed by atoms with Crippen LogP contribution in [0.3, 0.4) is 0 Å². The highest BCUT2D eigenvalue weighted by atomic mass is 16.2. The van der Waals surface area contributed by atoms with Gasteiger partial charge in [-0.15, -0.1) is 0 Å². The molecule has 0 saturated carbocycles. The molecule has 0 radical (unpaired) electrons. The van der Waals surface area contributed by atoms with Crippen molar-refractivity contribution < 1.29 is 0 Å². The molecule has 3 aromatic rings. The fraction of sp³-hybridized carbons (Fsp3) is 0.200. The van der Waals surface area contributed by atoms with Crippen LogP contribution < -0.4 is 16.2 Å². The summed E-state index contributed by atoms with van der Waals surface area (Å²) in [6.07, 6.45) is 0. The van der Waals surface area contributed by atoms with Gasteiger partial charge in [0.05, 0.1) is 5.56 Å². The molecule has 0 heterocycles. The van der Waals surface area contributed by atoms with Crippen LogP contribution in [0.5, 0.6) is 0 Å². The van der Waals surface area contributed by atoms with Gasteiger partial charge in [-0.2, -0.15) is 0 Å². The van der Waals surface area contributed by atoms with Gasteiger partial charge in [-0.1, -0.05) is 35.9 Å². The van der Waals surface area contributed by atoms with Gasteiger partial charge in [0, 0.05) is 5.69 Å². The number of aryl methyl sites for hydroxylation is 4. The topological polar surface area (TPSA) is 46.2 Å². The molecular formula is C20H19NO2. The molecule has 3 heteroatoms. The highest BCUT2D eigenvalue weighted by Crippen LogP contribution is 2.29. The lowest BCUT2D eigenvalue weighted by molar-refractivity contribution is 1.31. The van der Waals surface area contributed by atoms with E-state index in [9.17, 15) is 9.59 Å². The van der Waals surface area contributed by atoms with Crippen LogP contribution in [-0.4, -0.2) is 0 Å². The predicted molar refractivity (Wildman–Crippen MR) is 95.5 cm³/mol. The zero-order valence-electron chi connectivity index (χ0n) is 13.8. The third-order valence-electron chi connectivity index (χ3n) is 4.35. The summed E-state index contributed by atoms with van der Waals surface area (Å²) >= 11 is 0. The molecule has 0 aliphatic heterocycles. The molecule has 0 fully saturated rings. The molecule has 0 bridgehead atoms. The van der Waals surface area contributed by atoms with Gasteiger partial charge in [-0.25, -0.2) is 0 Å². The highest BCUT2D eigenvalue weighted by molar-refractivity contribution is 5.85. The van der Waals surface area contributed by atoms with Gasteiger partial charge in [0.1, 0.15) is 5.69 Å². The van der Waals surface area contributed by atoms with Crippen molar-refractivity contribution in [3.8, 4) is 11.1 Å². The van der Waals surface area contributed by atoms with E-state index in [0.29, 0.717) is 11.3 Å². The SMILES string of the molecule is Cc1ccc(Nc2c(-c3ccc(C)c(C)c3)c(=O)c2=O)c(C)c1. The second-order valence-corrected chi connectivity index (χ2v) is 6.15. The maximum Gasteiger partial charge on any atom is 0.250 e. The number of benzene rings is 2. The minimum atomic E-state index is -0.446. The molecule has 116 valence electrons. The van der Waals surface area contributed by atoms with Gasteiger partial charge >= 0.3 is 0 Å². The fourth-order valence-corrected chi connectivity index (χ4v) is 2.77. The Hall–Kier alpha value is -2.68. The molecule has 0 amide bonds. The van der Waals surface area contributed by atoms with Crippen molar-refractivity contribution in [3.63, 3.8) is 0 Å².